The zero-order valence-corrected chi connectivity index (χ0v) is 12.0. The molecule has 1 rings (SSSR count). The number of anilines is 1. The van der Waals surface area contributed by atoms with Crippen molar-refractivity contribution in [1.29, 1.82) is 0 Å². The highest BCUT2D eigenvalue weighted by Gasteiger charge is 2.08. The summed E-state index contributed by atoms with van der Waals surface area (Å²) in [7, 11) is 3.94. The number of hydrogen-bond acceptors (Lipinski definition) is 4. The summed E-state index contributed by atoms with van der Waals surface area (Å²) in [4.78, 5) is 15.3. The Morgan fingerprint density at radius 2 is 1.65 bits per heavy atom. The van der Waals surface area contributed by atoms with Crippen LogP contribution in [0.3, 0.4) is 0 Å². The highest BCUT2D eigenvalue weighted by molar-refractivity contribution is 5.91. The molecule has 1 amide bonds. The van der Waals surface area contributed by atoms with Crippen molar-refractivity contribution in [2.45, 2.75) is 0 Å². The van der Waals surface area contributed by atoms with Gasteiger partial charge in [-0.1, -0.05) is 12.1 Å². The fourth-order valence-corrected chi connectivity index (χ4v) is 1.73. The molecule has 0 aliphatic heterocycles. The van der Waals surface area contributed by atoms with Crippen LogP contribution in [0.15, 0.2) is 30.3 Å². The normalized spacial score (nSPS) is 10.8. The van der Waals surface area contributed by atoms with Gasteiger partial charge >= 0.3 is 0 Å². The third-order valence-corrected chi connectivity index (χ3v) is 2.88. The summed E-state index contributed by atoms with van der Waals surface area (Å²) >= 11 is 0. The number of aliphatic hydroxyl groups excluding tert-OH is 2. The van der Waals surface area contributed by atoms with Crippen molar-refractivity contribution in [3.8, 4) is 0 Å². The van der Waals surface area contributed by atoms with E-state index in [4.69, 9.17) is 10.2 Å². The number of carbonyl (C=O) groups excluding carboxylic acids is 1. The monoisotopic (exact) mass is 278 g/mol. The standard InChI is InChI=1S/C15H22N2O3/c1-16(2)14-6-3-13(4-7-14)5-8-15(20)17(9-11-18)10-12-19/h3-8,18-19H,9-12H2,1-2H3. The van der Waals surface area contributed by atoms with E-state index < -0.39 is 0 Å². The van der Waals surface area contributed by atoms with E-state index in [-0.39, 0.29) is 32.2 Å². The van der Waals surface area contributed by atoms with Gasteiger partial charge in [0.25, 0.3) is 0 Å². The maximum Gasteiger partial charge on any atom is 0.246 e. The van der Waals surface area contributed by atoms with Crippen LogP contribution < -0.4 is 4.90 Å². The van der Waals surface area contributed by atoms with Crippen LogP contribution in [0.25, 0.3) is 6.08 Å². The predicted octanol–water partition coefficient (Wildman–Crippen LogP) is 0.579. The number of aliphatic hydroxyl groups is 2. The van der Waals surface area contributed by atoms with Gasteiger partial charge < -0.3 is 20.0 Å². The second kappa shape index (κ2) is 8.35. The van der Waals surface area contributed by atoms with Gasteiger partial charge in [-0.3, -0.25) is 4.79 Å². The maximum atomic E-state index is 11.9. The number of benzene rings is 1. The molecular formula is C15H22N2O3. The molecule has 1 aromatic rings. The Kier molecular flexibility index (Phi) is 6.76. The molecule has 0 saturated heterocycles. The summed E-state index contributed by atoms with van der Waals surface area (Å²) in [5.74, 6) is -0.218. The van der Waals surface area contributed by atoms with Crippen LogP contribution in [0.4, 0.5) is 5.69 Å². The molecule has 0 aliphatic carbocycles. The number of rotatable bonds is 7. The van der Waals surface area contributed by atoms with Gasteiger partial charge in [-0.05, 0) is 23.8 Å². The van der Waals surface area contributed by atoms with Crippen molar-refractivity contribution in [2.24, 2.45) is 0 Å². The Bertz CT molecular complexity index is 435. The van der Waals surface area contributed by atoms with Crippen molar-refractivity contribution in [1.82, 2.24) is 4.90 Å². The highest BCUT2D eigenvalue weighted by atomic mass is 16.3. The third-order valence-electron chi connectivity index (χ3n) is 2.88. The largest absolute Gasteiger partial charge is 0.395 e. The molecule has 20 heavy (non-hydrogen) atoms. The van der Waals surface area contributed by atoms with Crippen LogP contribution in [0.1, 0.15) is 5.56 Å². The smallest absolute Gasteiger partial charge is 0.246 e. The minimum Gasteiger partial charge on any atom is -0.395 e. The van der Waals surface area contributed by atoms with Gasteiger partial charge in [0, 0.05) is 38.9 Å². The fourth-order valence-electron chi connectivity index (χ4n) is 1.73. The first-order valence-corrected chi connectivity index (χ1v) is 6.54. The lowest BCUT2D eigenvalue weighted by Gasteiger charge is -2.18. The summed E-state index contributed by atoms with van der Waals surface area (Å²) in [6.45, 7) is 0.223. The van der Waals surface area contributed by atoms with Gasteiger partial charge in [0.05, 0.1) is 13.2 Å². The van der Waals surface area contributed by atoms with Crippen molar-refractivity contribution in [2.75, 3.05) is 45.3 Å². The van der Waals surface area contributed by atoms with Gasteiger partial charge in [-0.15, -0.1) is 0 Å². The molecule has 0 bridgehead atoms. The van der Waals surface area contributed by atoms with Gasteiger partial charge in [-0.2, -0.15) is 0 Å². The van der Waals surface area contributed by atoms with E-state index in [0.717, 1.165) is 11.3 Å². The first-order valence-electron chi connectivity index (χ1n) is 6.54. The summed E-state index contributed by atoms with van der Waals surface area (Å²) in [5.41, 5.74) is 2.02. The average Bonchev–Trinajstić information content (AvgIpc) is 2.45. The van der Waals surface area contributed by atoms with Crippen LogP contribution in [-0.2, 0) is 4.79 Å². The van der Waals surface area contributed by atoms with Gasteiger partial charge in [0.2, 0.25) is 5.91 Å². The summed E-state index contributed by atoms with van der Waals surface area (Å²) in [6, 6.07) is 7.82. The van der Waals surface area contributed by atoms with E-state index in [0.29, 0.717) is 0 Å². The number of carbonyl (C=O) groups is 1. The highest BCUT2D eigenvalue weighted by Crippen LogP contribution is 2.13. The molecule has 0 unspecified atom stereocenters. The molecule has 0 fully saturated rings. The van der Waals surface area contributed by atoms with E-state index in [2.05, 4.69) is 0 Å². The molecule has 0 spiro atoms. The topological polar surface area (TPSA) is 64.0 Å². The Morgan fingerprint density at radius 3 is 2.10 bits per heavy atom. The van der Waals surface area contributed by atoms with Crippen LogP contribution >= 0.6 is 0 Å². The average molecular weight is 278 g/mol. The molecule has 110 valence electrons. The lowest BCUT2D eigenvalue weighted by atomic mass is 10.2. The van der Waals surface area contributed by atoms with E-state index in [1.165, 1.54) is 11.0 Å². The molecule has 0 aliphatic rings. The molecule has 0 heterocycles. The second-order valence-electron chi connectivity index (χ2n) is 4.59. The zero-order valence-electron chi connectivity index (χ0n) is 12.0. The summed E-state index contributed by atoms with van der Waals surface area (Å²) in [5, 5.41) is 17.8. The van der Waals surface area contributed by atoms with Crippen molar-refractivity contribution in [3.63, 3.8) is 0 Å². The molecule has 0 radical (unpaired) electrons. The summed E-state index contributed by atoms with van der Waals surface area (Å²) < 4.78 is 0. The van der Waals surface area contributed by atoms with Crippen molar-refractivity contribution in [3.05, 3.63) is 35.9 Å². The Hall–Kier alpha value is -1.85. The van der Waals surface area contributed by atoms with E-state index in [1.807, 2.05) is 43.3 Å². The van der Waals surface area contributed by atoms with Crippen LogP contribution in [0.2, 0.25) is 0 Å². The Balaban J connectivity index is 2.67. The minimum atomic E-state index is -0.218. The zero-order chi connectivity index (χ0) is 15.0. The van der Waals surface area contributed by atoms with Crippen molar-refractivity contribution < 1.29 is 15.0 Å². The fraction of sp³-hybridized carbons (Fsp3) is 0.400. The van der Waals surface area contributed by atoms with Gasteiger partial charge in [-0.25, -0.2) is 0 Å². The first-order chi connectivity index (χ1) is 9.58. The van der Waals surface area contributed by atoms with E-state index in [9.17, 15) is 4.79 Å². The Labute approximate surface area is 119 Å². The molecule has 5 nitrogen and oxygen atoms in total. The first kappa shape index (κ1) is 16.2. The SMILES string of the molecule is CN(C)c1ccc(C=CC(=O)N(CCO)CCO)cc1. The van der Waals surface area contributed by atoms with Crippen LogP contribution in [0.5, 0.6) is 0 Å². The van der Waals surface area contributed by atoms with E-state index >= 15 is 0 Å². The lowest BCUT2D eigenvalue weighted by molar-refractivity contribution is -0.126. The molecule has 1 aromatic carbocycles. The molecule has 2 N–H and O–H groups in total. The predicted molar refractivity (Wildman–Crippen MR) is 80.6 cm³/mol. The minimum absolute atomic E-state index is 0.114. The molecule has 0 saturated carbocycles. The number of nitrogens with zero attached hydrogens (tertiary/aromatic N) is 2. The number of amides is 1. The van der Waals surface area contributed by atoms with Crippen molar-refractivity contribution >= 4 is 17.7 Å². The lowest BCUT2D eigenvalue weighted by Crippen LogP contribution is -2.34. The van der Waals surface area contributed by atoms with Crippen LogP contribution in [0, 0.1) is 0 Å². The van der Waals surface area contributed by atoms with E-state index in [1.54, 1.807) is 6.08 Å². The molecule has 0 atom stereocenters. The second-order valence-corrected chi connectivity index (χ2v) is 4.59. The molecular weight excluding hydrogens is 256 g/mol. The molecule has 0 aromatic heterocycles. The third kappa shape index (κ3) is 5.03. The van der Waals surface area contributed by atoms with Gasteiger partial charge in [0.1, 0.15) is 0 Å². The molecule has 5 heteroatoms. The number of hydrogen-bond donors (Lipinski definition) is 2. The van der Waals surface area contributed by atoms with Crippen LogP contribution in [-0.4, -0.2) is 61.4 Å². The Morgan fingerprint density at radius 1 is 1.10 bits per heavy atom. The quantitative estimate of drug-likeness (QED) is 0.716. The maximum absolute atomic E-state index is 11.9. The summed E-state index contributed by atoms with van der Waals surface area (Å²) in [6.07, 6.45) is 3.18. The van der Waals surface area contributed by atoms with Gasteiger partial charge in [0.15, 0.2) is 0 Å².